The Hall–Kier alpha value is -1.36. The summed E-state index contributed by atoms with van der Waals surface area (Å²) in [7, 11) is 0. The number of aromatic nitrogens is 1. The summed E-state index contributed by atoms with van der Waals surface area (Å²) in [5.74, 6) is 0.00555. The van der Waals surface area contributed by atoms with E-state index in [1.54, 1.807) is 0 Å². The van der Waals surface area contributed by atoms with E-state index in [2.05, 4.69) is 16.8 Å². The first-order chi connectivity index (χ1) is 8.19. The summed E-state index contributed by atoms with van der Waals surface area (Å²) in [5.41, 5.74) is 0. The molecule has 1 saturated heterocycles. The van der Waals surface area contributed by atoms with Crippen LogP contribution in [-0.2, 0) is 6.42 Å². The van der Waals surface area contributed by atoms with Gasteiger partial charge in [0.2, 0.25) is 5.76 Å². The van der Waals surface area contributed by atoms with Crippen LogP contribution in [0.15, 0.2) is 10.6 Å². The quantitative estimate of drug-likeness (QED) is 0.863. The fourth-order valence-electron chi connectivity index (χ4n) is 2.26. The Kier molecular flexibility index (Phi) is 3.78. The van der Waals surface area contributed by atoms with Crippen molar-refractivity contribution in [1.82, 2.24) is 9.88 Å². The minimum absolute atomic E-state index is 0.0639. The molecule has 0 unspecified atom stereocenters. The summed E-state index contributed by atoms with van der Waals surface area (Å²) >= 11 is 0. The molecule has 94 valence electrons. The van der Waals surface area contributed by atoms with Crippen molar-refractivity contribution in [1.29, 1.82) is 0 Å². The topological polar surface area (TPSA) is 66.6 Å². The van der Waals surface area contributed by atoms with Crippen LogP contribution in [0.1, 0.15) is 36.2 Å². The molecular formula is C12H18N2O3. The second-order valence-electron chi connectivity index (χ2n) is 4.51. The van der Waals surface area contributed by atoms with Gasteiger partial charge in [0.05, 0.1) is 6.20 Å². The Morgan fingerprint density at radius 3 is 2.82 bits per heavy atom. The summed E-state index contributed by atoms with van der Waals surface area (Å²) < 4.78 is 5.18. The molecule has 1 aromatic heterocycles. The van der Waals surface area contributed by atoms with Gasteiger partial charge in [0.15, 0.2) is 5.89 Å². The van der Waals surface area contributed by atoms with Crippen molar-refractivity contribution >= 4 is 5.97 Å². The molecule has 0 aliphatic carbocycles. The maximum absolute atomic E-state index is 10.6. The van der Waals surface area contributed by atoms with Gasteiger partial charge in [-0.1, -0.05) is 6.92 Å². The standard InChI is InChI=1S/C12H18N2O3/c1-2-14-5-3-9(4-6-14)7-11-13-8-10(17-11)12(15)16/h8-9H,2-7H2,1H3,(H,15,16). The summed E-state index contributed by atoms with van der Waals surface area (Å²) in [6, 6.07) is 0. The zero-order valence-electron chi connectivity index (χ0n) is 10.1. The monoisotopic (exact) mass is 238 g/mol. The molecule has 2 rings (SSSR count). The molecular weight excluding hydrogens is 220 g/mol. The number of likely N-dealkylation sites (tertiary alicyclic amines) is 1. The van der Waals surface area contributed by atoms with Crippen LogP contribution in [0.4, 0.5) is 0 Å². The first kappa shape index (κ1) is 12.1. The molecule has 5 nitrogen and oxygen atoms in total. The zero-order valence-corrected chi connectivity index (χ0v) is 10.1. The normalized spacial score (nSPS) is 18.4. The number of piperidine rings is 1. The maximum Gasteiger partial charge on any atom is 0.373 e. The van der Waals surface area contributed by atoms with E-state index < -0.39 is 5.97 Å². The molecule has 2 heterocycles. The van der Waals surface area contributed by atoms with Crippen LogP contribution in [-0.4, -0.2) is 40.6 Å². The fraction of sp³-hybridized carbons (Fsp3) is 0.667. The number of hydrogen-bond donors (Lipinski definition) is 1. The number of carboxylic acid groups (broad SMARTS) is 1. The number of carbonyl (C=O) groups is 1. The summed E-state index contributed by atoms with van der Waals surface area (Å²) in [4.78, 5) is 17.1. The summed E-state index contributed by atoms with van der Waals surface area (Å²) in [5, 5.41) is 8.73. The first-order valence-electron chi connectivity index (χ1n) is 6.09. The second-order valence-corrected chi connectivity index (χ2v) is 4.51. The third-order valence-corrected chi connectivity index (χ3v) is 3.38. The van der Waals surface area contributed by atoms with Crippen LogP contribution in [0.25, 0.3) is 0 Å². The third kappa shape index (κ3) is 3.06. The van der Waals surface area contributed by atoms with Crippen molar-refractivity contribution < 1.29 is 14.3 Å². The maximum atomic E-state index is 10.6. The van der Waals surface area contributed by atoms with Gasteiger partial charge in [0, 0.05) is 6.42 Å². The molecule has 0 spiro atoms. The lowest BCUT2D eigenvalue weighted by atomic mass is 9.93. The lowest BCUT2D eigenvalue weighted by Crippen LogP contribution is -2.34. The Morgan fingerprint density at radius 1 is 1.59 bits per heavy atom. The highest BCUT2D eigenvalue weighted by Gasteiger charge is 2.20. The summed E-state index contributed by atoms with van der Waals surface area (Å²) in [6.45, 7) is 5.52. The van der Waals surface area contributed by atoms with Crippen LogP contribution >= 0.6 is 0 Å². The van der Waals surface area contributed by atoms with Crippen molar-refractivity contribution in [2.45, 2.75) is 26.2 Å². The Morgan fingerprint density at radius 2 is 2.29 bits per heavy atom. The van der Waals surface area contributed by atoms with E-state index in [1.807, 2.05) is 0 Å². The molecule has 5 heteroatoms. The van der Waals surface area contributed by atoms with E-state index >= 15 is 0 Å². The van der Waals surface area contributed by atoms with Crippen molar-refractivity contribution in [2.24, 2.45) is 5.92 Å². The van der Waals surface area contributed by atoms with Crippen molar-refractivity contribution in [2.75, 3.05) is 19.6 Å². The van der Waals surface area contributed by atoms with Crippen molar-refractivity contribution in [3.8, 4) is 0 Å². The average molecular weight is 238 g/mol. The molecule has 1 aliphatic rings. The van der Waals surface area contributed by atoms with Crippen LogP contribution in [0.5, 0.6) is 0 Å². The van der Waals surface area contributed by atoms with Crippen LogP contribution in [0, 0.1) is 5.92 Å². The van der Waals surface area contributed by atoms with Gasteiger partial charge >= 0.3 is 5.97 Å². The van der Waals surface area contributed by atoms with Gasteiger partial charge in [-0.15, -0.1) is 0 Å². The molecule has 1 aliphatic heterocycles. The third-order valence-electron chi connectivity index (χ3n) is 3.38. The van der Waals surface area contributed by atoms with E-state index in [9.17, 15) is 4.79 Å². The van der Waals surface area contributed by atoms with Gasteiger partial charge in [-0.05, 0) is 38.4 Å². The highest BCUT2D eigenvalue weighted by molar-refractivity contribution is 5.83. The van der Waals surface area contributed by atoms with Crippen LogP contribution < -0.4 is 0 Å². The van der Waals surface area contributed by atoms with Crippen molar-refractivity contribution in [3.63, 3.8) is 0 Å². The SMILES string of the molecule is CCN1CCC(Cc2ncc(C(=O)O)o2)CC1. The average Bonchev–Trinajstić information content (AvgIpc) is 2.79. The van der Waals surface area contributed by atoms with E-state index in [0.717, 1.165) is 38.9 Å². The lowest BCUT2D eigenvalue weighted by molar-refractivity contribution is 0.0659. The lowest BCUT2D eigenvalue weighted by Gasteiger charge is -2.30. The highest BCUT2D eigenvalue weighted by Crippen LogP contribution is 2.21. The molecule has 0 aromatic carbocycles. The van der Waals surface area contributed by atoms with E-state index in [-0.39, 0.29) is 5.76 Å². The summed E-state index contributed by atoms with van der Waals surface area (Å²) in [6.07, 6.45) is 4.32. The smallest absolute Gasteiger partial charge is 0.373 e. The molecule has 1 aromatic rings. The van der Waals surface area contributed by atoms with Gasteiger partial charge in [-0.3, -0.25) is 0 Å². The number of hydrogen-bond acceptors (Lipinski definition) is 4. The Balaban J connectivity index is 1.86. The van der Waals surface area contributed by atoms with Crippen LogP contribution in [0.3, 0.4) is 0 Å². The predicted molar refractivity (Wildman–Crippen MR) is 62.0 cm³/mol. The molecule has 0 amide bonds. The minimum Gasteiger partial charge on any atom is -0.475 e. The fourth-order valence-corrected chi connectivity index (χ4v) is 2.26. The number of nitrogens with zero attached hydrogens (tertiary/aromatic N) is 2. The Labute approximate surface area is 100 Å². The highest BCUT2D eigenvalue weighted by atomic mass is 16.4. The first-order valence-corrected chi connectivity index (χ1v) is 6.09. The van der Waals surface area contributed by atoms with Gasteiger partial charge < -0.3 is 14.4 Å². The zero-order chi connectivity index (χ0) is 12.3. The van der Waals surface area contributed by atoms with E-state index in [1.165, 1.54) is 6.20 Å². The number of oxazole rings is 1. The largest absolute Gasteiger partial charge is 0.475 e. The number of aromatic carboxylic acids is 1. The number of carboxylic acids is 1. The molecule has 1 N–H and O–H groups in total. The second kappa shape index (κ2) is 5.31. The van der Waals surface area contributed by atoms with Gasteiger partial charge in [-0.25, -0.2) is 9.78 Å². The van der Waals surface area contributed by atoms with Gasteiger partial charge in [0.25, 0.3) is 0 Å². The molecule has 1 fully saturated rings. The predicted octanol–water partition coefficient (Wildman–Crippen LogP) is 1.65. The van der Waals surface area contributed by atoms with Crippen molar-refractivity contribution in [3.05, 3.63) is 17.8 Å². The number of rotatable bonds is 4. The van der Waals surface area contributed by atoms with E-state index in [4.69, 9.17) is 9.52 Å². The molecule has 17 heavy (non-hydrogen) atoms. The molecule has 0 atom stereocenters. The van der Waals surface area contributed by atoms with E-state index in [0.29, 0.717) is 11.8 Å². The van der Waals surface area contributed by atoms with Gasteiger partial charge in [-0.2, -0.15) is 0 Å². The van der Waals surface area contributed by atoms with Gasteiger partial charge in [0.1, 0.15) is 0 Å². The molecule has 0 radical (unpaired) electrons. The molecule has 0 bridgehead atoms. The minimum atomic E-state index is -1.05. The Bertz CT molecular complexity index is 381. The molecule has 0 saturated carbocycles. The van der Waals surface area contributed by atoms with Crippen LogP contribution in [0.2, 0.25) is 0 Å².